The number of ether oxygens (including phenoxy) is 2. The molecule has 3 rings (SSSR count). The first-order valence-corrected chi connectivity index (χ1v) is 8.79. The standard InChI is InChI=1S/C21H25NO3/c1-15-12-18(23)13-16(2)22(15)11-10-17-8-9-20(24-3)21(14-17)25-19-6-4-5-7-19/h8-14,19H,4-7H2,1-3H3. The van der Waals surface area contributed by atoms with Crippen LogP contribution in [0.3, 0.4) is 0 Å². The Morgan fingerprint density at radius 2 is 1.72 bits per heavy atom. The number of benzene rings is 1. The van der Waals surface area contributed by atoms with Gasteiger partial charge in [0.1, 0.15) is 0 Å². The molecule has 1 saturated carbocycles. The van der Waals surface area contributed by atoms with E-state index in [1.807, 2.05) is 48.9 Å². The summed E-state index contributed by atoms with van der Waals surface area (Å²) in [6.45, 7) is 3.86. The number of hydrogen-bond acceptors (Lipinski definition) is 3. The van der Waals surface area contributed by atoms with E-state index in [1.54, 1.807) is 19.2 Å². The zero-order valence-electron chi connectivity index (χ0n) is 15.1. The lowest BCUT2D eigenvalue weighted by atomic mass is 10.2. The third-order valence-electron chi connectivity index (χ3n) is 4.66. The summed E-state index contributed by atoms with van der Waals surface area (Å²) in [4.78, 5) is 11.5. The van der Waals surface area contributed by atoms with Gasteiger partial charge < -0.3 is 14.0 Å². The number of aryl methyl sites for hydroxylation is 2. The fraction of sp³-hybridized carbons (Fsp3) is 0.381. The Kier molecular flexibility index (Phi) is 5.27. The number of aromatic nitrogens is 1. The molecule has 0 amide bonds. The van der Waals surface area contributed by atoms with E-state index in [9.17, 15) is 4.79 Å². The van der Waals surface area contributed by atoms with Crippen molar-refractivity contribution < 1.29 is 9.47 Å². The van der Waals surface area contributed by atoms with Gasteiger partial charge in [0.25, 0.3) is 0 Å². The van der Waals surface area contributed by atoms with Crippen LogP contribution in [0.1, 0.15) is 42.6 Å². The zero-order valence-corrected chi connectivity index (χ0v) is 15.1. The van der Waals surface area contributed by atoms with Gasteiger partial charge in [0.15, 0.2) is 16.9 Å². The lowest BCUT2D eigenvalue weighted by molar-refractivity contribution is 0.201. The molecule has 132 valence electrons. The van der Waals surface area contributed by atoms with Crippen LogP contribution in [0.15, 0.2) is 35.1 Å². The second-order valence-corrected chi connectivity index (χ2v) is 6.59. The van der Waals surface area contributed by atoms with Gasteiger partial charge in [0.2, 0.25) is 0 Å². The molecule has 0 radical (unpaired) electrons. The van der Waals surface area contributed by atoms with Gasteiger partial charge in [-0.1, -0.05) is 6.07 Å². The molecule has 4 heteroatoms. The molecule has 0 atom stereocenters. The highest BCUT2D eigenvalue weighted by Crippen LogP contribution is 2.32. The largest absolute Gasteiger partial charge is 0.493 e. The minimum absolute atomic E-state index is 0.0383. The first-order valence-electron chi connectivity index (χ1n) is 8.79. The molecule has 1 aliphatic rings. The summed E-state index contributed by atoms with van der Waals surface area (Å²) in [5.74, 6) is 1.56. The molecule has 0 aliphatic heterocycles. The Morgan fingerprint density at radius 3 is 2.36 bits per heavy atom. The topological polar surface area (TPSA) is 40.5 Å². The summed E-state index contributed by atoms with van der Waals surface area (Å²) in [5, 5.41) is 0. The van der Waals surface area contributed by atoms with E-state index >= 15 is 0 Å². The maximum Gasteiger partial charge on any atom is 0.182 e. The summed E-state index contributed by atoms with van der Waals surface area (Å²) in [6, 6.07) is 9.24. The Morgan fingerprint density at radius 1 is 1.04 bits per heavy atom. The van der Waals surface area contributed by atoms with Crippen LogP contribution < -0.4 is 14.9 Å². The summed E-state index contributed by atoms with van der Waals surface area (Å²) >= 11 is 0. The van der Waals surface area contributed by atoms with Gasteiger partial charge in [-0.3, -0.25) is 4.79 Å². The molecule has 2 aromatic rings. The molecule has 0 bridgehead atoms. The van der Waals surface area contributed by atoms with Gasteiger partial charge in [-0.25, -0.2) is 0 Å². The predicted molar refractivity (Wildman–Crippen MR) is 101 cm³/mol. The summed E-state index contributed by atoms with van der Waals surface area (Å²) < 4.78 is 13.6. The number of methoxy groups -OCH3 is 1. The smallest absolute Gasteiger partial charge is 0.182 e. The van der Waals surface area contributed by atoms with Gasteiger partial charge in [-0.2, -0.15) is 0 Å². The van der Waals surface area contributed by atoms with E-state index in [0.29, 0.717) is 0 Å². The van der Waals surface area contributed by atoms with E-state index in [-0.39, 0.29) is 11.5 Å². The van der Waals surface area contributed by atoms with Crippen LogP contribution >= 0.6 is 0 Å². The molecular weight excluding hydrogens is 314 g/mol. The minimum atomic E-state index is 0.0383. The molecule has 4 nitrogen and oxygen atoms in total. The maximum absolute atomic E-state index is 11.5. The van der Waals surface area contributed by atoms with Crippen LogP contribution in [0.5, 0.6) is 11.5 Å². The molecule has 1 aromatic carbocycles. The first-order chi connectivity index (χ1) is 12.1. The molecule has 0 spiro atoms. The van der Waals surface area contributed by atoms with Gasteiger partial charge >= 0.3 is 0 Å². The molecule has 1 aliphatic carbocycles. The molecule has 1 heterocycles. The van der Waals surface area contributed by atoms with E-state index in [0.717, 1.165) is 41.3 Å². The fourth-order valence-corrected chi connectivity index (χ4v) is 3.34. The molecule has 0 saturated heterocycles. The van der Waals surface area contributed by atoms with Crippen molar-refractivity contribution in [2.75, 3.05) is 7.11 Å². The second-order valence-electron chi connectivity index (χ2n) is 6.59. The first kappa shape index (κ1) is 17.3. The van der Waals surface area contributed by atoms with Crippen molar-refractivity contribution in [3.8, 4) is 11.5 Å². The third kappa shape index (κ3) is 4.13. The van der Waals surface area contributed by atoms with Crippen LogP contribution in [-0.4, -0.2) is 17.8 Å². The van der Waals surface area contributed by atoms with Crippen LogP contribution in [0, 0.1) is 13.8 Å². The van der Waals surface area contributed by atoms with E-state index < -0.39 is 0 Å². The fourth-order valence-electron chi connectivity index (χ4n) is 3.34. The zero-order chi connectivity index (χ0) is 17.8. The van der Waals surface area contributed by atoms with E-state index in [2.05, 4.69) is 0 Å². The second kappa shape index (κ2) is 7.60. The lowest BCUT2D eigenvalue weighted by Crippen LogP contribution is -2.11. The van der Waals surface area contributed by atoms with Crippen LogP contribution in [0.25, 0.3) is 12.3 Å². The molecule has 0 unspecified atom stereocenters. The number of rotatable bonds is 5. The van der Waals surface area contributed by atoms with Crippen LogP contribution in [0.2, 0.25) is 0 Å². The summed E-state index contributed by atoms with van der Waals surface area (Å²) in [5.41, 5.74) is 2.90. The number of hydrogen-bond donors (Lipinski definition) is 0. The quantitative estimate of drug-likeness (QED) is 0.809. The lowest BCUT2D eigenvalue weighted by Gasteiger charge is -2.16. The predicted octanol–water partition coefficient (Wildman–Crippen LogP) is 4.42. The monoisotopic (exact) mass is 339 g/mol. The number of pyridine rings is 1. The van der Waals surface area contributed by atoms with E-state index in [1.165, 1.54) is 12.8 Å². The Bertz CT molecular complexity index is 803. The Hall–Kier alpha value is -2.49. The van der Waals surface area contributed by atoms with E-state index in [4.69, 9.17) is 9.47 Å². The van der Waals surface area contributed by atoms with Crippen molar-refractivity contribution in [3.63, 3.8) is 0 Å². The van der Waals surface area contributed by atoms with Crippen molar-refractivity contribution in [2.24, 2.45) is 0 Å². The Balaban J connectivity index is 1.86. The average molecular weight is 339 g/mol. The molecule has 25 heavy (non-hydrogen) atoms. The molecule has 1 fully saturated rings. The van der Waals surface area contributed by atoms with Crippen molar-refractivity contribution in [1.29, 1.82) is 0 Å². The van der Waals surface area contributed by atoms with Crippen molar-refractivity contribution in [1.82, 2.24) is 4.57 Å². The van der Waals surface area contributed by atoms with Crippen LogP contribution in [0.4, 0.5) is 0 Å². The number of nitrogens with zero attached hydrogens (tertiary/aromatic N) is 1. The maximum atomic E-state index is 11.5. The summed E-state index contributed by atoms with van der Waals surface area (Å²) in [6.07, 6.45) is 8.97. The normalized spacial score (nSPS) is 15.0. The Labute approximate surface area is 148 Å². The average Bonchev–Trinajstić information content (AvgIpc) is 3.07. The molecular formula is C21H25NO3. The van der Waals surface area contributed by atoms with Gasteiger partial charge in [0.05, 0.1) is 13.2 Å². The highest BCUT2D eigenvalue weighted by atomic mass is 16.5. The highest BCUT2D eigenvalue weighted by Gasteiger charge is 2.18. The van der Waals surface area contributed by atoms with Crippen LogP contribution in [-0.2, 0) is 0 Å². The molecule has 1 aromatic heterocycles. The van der Waals surface area contributed by atoms with Gasteiger partial charge in [-0.15, -0.1) is 0 Å². The van der Waals surface area contributed by atoms with Crippen molar-refractivity contribution in [3.05, 3.63) is 57.5 Å². The third-order valence-corrected chi connectivity index (χ3v) is 4.66. The van der Waals surface area contributed by atoms with Gasteiger partial charge in [0, 0.05) is 29.7 Å². The molecule has 0 N–H and O–H groups in total. The van der Waals surface area contributed by atoms with Crippen molar-refractivity contribution >= 4 is 12.3 Å². The minimum Gasteiger partial charge on any atom is -0.493 e. The van der Waals surface area contributed by atoms with Crippen molar-refractivity contribution in [2.45, 2.75) is 45.6 Å². The van der Waals surface area contributed by atoms with Gasteiger partial charge in [-0.05, 0) is 63.3 Å². The summed E-state index contributed by atoms with van der Waals surface area (Å²) in [7, 11) is 1.67. The SMILES string of the molecule is COc1ccc(C=Cn2c(C)cc(=O)cc2C)cc1OC1CCCC1. The highest BCUT2D eigenvalue weighted by molar-refractivity contribution is 5.64.